The zero-order chi connectivity index (χ0) is 11.8. The summed E-state index contributed by atoms with van der Waals surface area (Å²) in [6.45, 7) is 4.01. The first-order valence-electron chi connectivity index (χ1n) is 6.21. The van der Waals surface area contributed by atoms with Crippen LogP contribution in [-0.2, 0) is 6.54 Å². The molecular formula is C14H16FNS. The second-order valence-electron chi connectivity index (χ2n) is 4.63. The summed E-state index contributed by atoms with van der Waals surface area (Å²) in [7, 11) is 0. The van der Waals surface area contributed by atoms with Crippen LogP contribution in [0.15, 0.2) is 18.2 Å². The van der Waals surface area contributed by atoms with Gasteiger partial charge in [0.15, 0.2) is 0 Å². The Morgan fingerprint density at radius 1 is 1.41 bits per heavy atom. The number of hydrogen-bond donors (Lipinski definition) is 1. The fourth-order valence-electron chi connectivity index (χ4n) is 2.33. The van der Waals surface area contributed by atoms with E-state index < -0.39 is 0 Å². The van der Waals surface area contributed by atoms with Crippen LogP contribution in [0.3, 0.4) is 0 Å². The molecule has 0 unspecified atom stereocenters. The molecule has 2 aromatic rings. The highest BCUT2D eigenvalue weighted by Gasteiger charge is 2.29. The van der Waals surface area contributed by atoms with Crippen molar-refractivity contribution < 1.29 is 4.39 Å². The van der Waals surface area contributed by atoms with E-state index in [9.17, 15) is 4.39 Å². The van der Waals surface area contributed by atoms with Crippen LogP contribution in [0.25, 0.3) is 10.1 Å². The number of halogens is 1. The van der Waals surface area contributed by atoms with Crippen molar-refractivity contribution in [3.63, 3.8) is 0 Å². The van der Waals surface area contributed by atoms with Gasteiger partial charge in [0.2, 0.25) is 0 Å². The minimum atomic E-state index is -0.118. The molecule has 1 heterocycles. The molecule has 1 aromatic heterocycles. The Kier molecular flexibility index (Phi) is 2.89. The Hall–Kier alpha value is -0.930. The van der Waals surface area contributed by atoms with Crippen LogP contribution in [0.1, 0.15) is 36.1 Å². The summed E-state index contributed by atoms with van der Waals surface area (Å²) in [6, 6.07) is 5.18. The maximum Gasteiger partial charge on any atom is 0.123 e. The van der Waals surface area contributed by atoms with Crippen molar-refractivity contribution in [3.8, 4) is 0 Å². The van der Waals surface area contributed by atoms with E-state index in [-0.39, 0.29) is 5.82 Å². The molecule has 90 valence electrons. The maximum absolute atomic E-state index is 13.4. The van der Waals surface area contributed by atoms with Gasteiger partial charge in [-0.1, -0.05) is 6.92 Å². The van der Waals surface area contributed by atoms with Crippen molar-refractivity contribution >= 4 is 21.4 Å². The molecule has 0 bridgehead atoms. The Labute approximate surface area is 105 Å². The van der Waals surface area contributed by atoms with Crippen LogP contribution in [0.2, 0.25) is 0 Å². The lowest BCUT2D eigenvalue weighted by atomic mass is 10.1. The van der Waals surface area contributed by atoms with Gasteiger partial charge in [0.05, 0.1) is 0 Å². The van der Waals surface area contributed by atoms with Gasteiger partial charge < -0.3 is 5.32 Å². The van der Waals surface area contributed by atoms with Crippen molar-refractivity contribution in [2.45, 2.75) is 32.2 Å². The molecule has 0 radical (unpaired) electrons. The first-order valence-corrected chi connectivity index (χ1v) is 7.02. The normalized spacial score (nSPS) is 15.6. The molecule has 1 N–H and O–H groups in total. The third-order valence-corrected chi connectivity index (χ3v) is 4.47. The third kappa shape index (κ3) is 2.09. The number of benzene rings is 1. The largest absolute Gasteiger partial charge is 0.312 e. The first kappa shape index (κ1) is 11.2. The summed E-state index contributed by atoms with van der Waals surface area (Å²) in [5.74, 6) is 0.561. The van der Waals surface area contributed by atoms with Gasteiger partial charge in [0.1, 0.15) is 5.82 Å². The second kappa shape index (κ2) is 4.39. The summed E-state index contributed by atoms with van der Waals surface area (Å²) in [4.78, 5) is 1.40. The fourth-order valence-corrected chi connectivity index (χ4v) is 3.57. The highest BCUT2D eigenvalue weighted by Crippen LogP contribution is 2.48. The van der Waals surface area contributed by atoms with E-state index in [0.29, 0.717) is 5.92 Å². The molecule has 1 saturated carbocycles. The minimum Gasteiger partial charge on any atom is -0.312 e. The van der Waals surface area contributed by atoms with Crippen molar-refractivity contribution in [2.24, 2.45) is 0 Å². The molecule has 1 fully saturated rings. The van der Waals surface area contributed by atoms with Gasteiger partial charge in [0.25, 0.3) is 0 Å². The highest BCUT2D eigenvalue weighted by atomic mass is 32.1. The maximum atomic E-state index is 13.4. The Bertz CT molecular complexity index is 542. The molecular weight excluding hydrogens is 233 g/mol. The van der Waals surface area contributed by atoms with Crippen molar-refractivity contribution in [3.05, 3.63) is 34.5 Å². The van der Waals surface area contributed by atoms with Gasteiger partial charge >= 0.3 is 0 Å². The molecule has 1 aliphatic rings. The molecule has 1 nitrogen and oxygen atoms in total. The van der Waals surface area contributed by atoms with Crippen molar-refractivity contribution in [2.75, 3.05) is 6.54 Å². The lowest BCUT2D eigenvalue weighted by Crippen LogP contribution is -2.11. The second-order valence-corrected chi connectivity index (χ2v) is 5.77. The average molecular weight is 249 g/mol. The van der Waals surface area contributed by atoms with Crippen LogP contribution >= 0.6 is 11.3 Å². The third-order valence-electron chi connectivity index (χ3n) is 3.29. The number of rotatable bonds is 4. The smallest absolute Gasteiger partial charge is 0.123 e. The predicted molar refractivity (Wildman–Crippen MR) is 71.1 cm³/mol. The zero-order valence-electron chi connectivity index (χ0n) is 9.92. The molecule has 3 heteroatoms. The molecule has 1 aromatic carbocycles. The van der Waals surface area contributed by atoms with Gasteiger partial charge in [-0.3, -0.25) is 0 Å². The number of fused-ring (bicyclic) bond motifs is 1. The molecule has 1 aliphatic carbocycles. The minimum absolute atomic E-state index is 0.118. The van der Waals surface area contributed by atoms with E-state index in [1.54, 1.807) is 12.1 Å². The SMILES string of the molecule is CCNCc1sc2ccc(F)cc2c1C1CC1. The molecule has 17 heavy (non-hydrogen) atoms. The van der Waals surface area contributed by atoms with E-state index >= 15 is 0 Å². The van der Waals surface area contributed by atoms with Crippen LogP contribution in [-0.4, -0.2) is 6.54 Å². The summed E-state index contributed by atoms with van der Waals surface area (Å²) >= 11 is 1.81. The van der Waals surface area contributed by atoms with E-state index in [0.717, 1.165) is 18.5 Å². The molecule has 0 atom stereocenters. The van der Waals surface area contributed by atoms with Gasteiger partial charge in [0, 0.05) is 16.1 Å². The Balaban J connectivity index is 2.10. The fraction of sp³-hybridized carbons (Fsp3) is 0.429. The lowest BCUT2D eigenvalue weighted by Gasteiger charge is -2.03. The quantitative estimate of drug-likeness (QED) is 0.862. The van der Waals surface area contributed by atoms with Gasteiger partial charge in [-0.2, -0.15) is 0 Å². The number of thiophene rings is 1. The zero-order valence-corrected chi connectivity index (χ0v) is 10.7. The summed E-state index contributed by atoms with van der Waals surface area (Å²) in [5.41, 5.74) is 1.41. The van der Waals surface area contributed by atoms with E-state index in [1.165, 1.54) is 28.0 Å². The number of nitrogens with one attached hydrogen (secondary N) is 1. The monoisotopic (exact) mass is 249 g/mol. The summed E-state index contributed by atoms with van der Waals surface area (Å²) in [6.07, 6.45) is 2.53. The average Bonchev–Trinajstić information content (AvgIpc) is 3.08. The molecule has 0 amide bonds. The van der Waals surface area contributed by atoms with Crippen LogP contribution in [0.4, 0.5) is 4.39 Å². The van der Waals surface area contributed by atoms with E-state index in [2.05, 4.69) is 12.2 Å². The van der Waals surface area contributed by atoms with Crippen molar-refractivity contribution in [1.82, 2.24) is 5.32 Å². The van der Waals surface area contributed by atoms with Crippen LogP contribution in [0.5, 0.6) is 0 Å². The van der Waals surface area contributed by atoms with E-state index in [4.69, 9.17) is 0 Å². The topological polar surface area (TPSA) is 12.0 Å². The van der Waals surface area contributed by atoms with Crippen molar-refractivity contribution in [1.29, 1.82) is 0 Å². The van der Waals surface area contributed by atoms with Gasteiger partial charge in [-0.05, 0) is 54.5 Å². The Morgan fingerprint density at radius 3 is 2.94 bits per heavy atom. The van der Waals surface area contributed by atoms with Crippen LogP contribution < -0.4 is 5.32 Å². The predicted octanol–water partition coefficient (Wildman–Crippen LogP) is 4.03. The number of hydrogen-bond acceptors (Lipinski definition) is 2. The highest BCUT2D eigenvalue weighted by molar-refractivity contribution is 7.19. The summed E-state index contributed by atoms with van der Waals surface area (Å²) < 4.78 is 14.6. The standard InChI is InChI=1S/C14H16FNS/c1-2-16-8-13-14(9-3-4-9)11-7-10(15)5-6-12(11)17-13/h5-7,9,16H,2-4,8H2,1H3. The van der Waals surface area contributed by atoms with Gasteiger partial charge in [-0.15, -0.1) is 11.3 Å². The molecule has 3 rings (SSSR count). The molecule has 0 saturated heterocycles. The van der Waals surface area contributed by atoms with E-state index in [1.807, 2.05) is 17.4 Å². The molecule has 0 aliphatic heterocycles. The lowest BCUT2D eigenvalue weighted by molar-refractivity contribution is 0.629. The molecule has 0 spiro atoms. The Morgan fingerprint density at radius 2 is 2.24 bits per heavy atom. The van der Waals surface area contributed by atoms with Gasteiger partial charge in [-0.25, -0.2) is 4.39 Å². The first-order chi connectivity index (χ1) is 8.29. The van der Waals surface area contributed by atoms with Crippen LogP contribution in [0, 0.1) is 5.82 Å². The summed E-state index contributed by atoms with van der Waals surface area (Å²) in [5, 5.41) is 4.52.